The van der Waals surface area contributed by atoms with Crippen LogP contribution < -0.4 is 15.0 Å². The van der Waals surface area contributed by atoms with Crippen molar-refractivity contribution in [1.29, 1.82) is 0 Å². The topological polar surface area (TPSA) is 39.0 Å². The molecule has 0 unspecified atom stereocenters. The number of thiocarbonyl (C=S) groups is 1. The van der Waals surface area contributed by atoms with Gasteiger partial charge in [0.05, 0.1) is 0 Å². The molecule has 0 saturated carbocycles. The van der Waals surface area contributed by atoms with Gasteiger partial charge in [0, 0.05) is 27.9 Å². The zero-order chi connectivity index (χ0) is 20.3. The molecule has 0 aliphatic carbocycles. The van der Waals surface area contributed by atoms with Gasteiger partial charge in [-0.1, -0.05) is 53.6 Å². The van der Waals surface area contributed by atoms with E-state index in [1.165, 1.54) is 0 Å². The van der Waals surface area contributed by atoms with Gasteiger partial charge in [-0.15, -0.1) is 0 Å². The van der Waals surface area contributed by atoms with Gasteiger partial charge < -0.3 is 10.4 Å². The molecule has 3 nitrogen and oxygen atoms in total. The van der Waals surface area contributed by atoms with Crippen LogP contribution in [0.1, 0.15) is 16.7 Å². The Bertz CT molecular complexity index is 1050. The first kappa shape index (κ1) is 20.3. The van der Waals surface area contributed by atoms with E-state index >= 15 is 0 Å². The van der Waals surface area contributed by atoms with Crippen LogP contribution in [0.25, 0.3) is 11.5 Å². The fourth-order valence-electron chi connectivity index (χ4n) is 2.92. The standard InChI is InChI=1S/C22H18Cl2N2OS/c1-14-10-15(2)12-17(11-14)25-22(28)20(26-8-4-3-5-9-26)21(27)18-7-6-16(23)13-19(18)24/h3-13H,1-2H3,(H-,25,27,28). The molecule has 142 valence electrons. The second-order valence-electron chi connectivity index (χ2n) is 6.42. The van der Waals surface area contributed by atoms with Gasteiger partial charge in [-0.05, 0) is 60.6 Å². The Kier molecular flexibility index (Phi) is 6.35. The minimum Gasteiger partial charge on any atom is -0.867 e. The number of halogens is 2. The Morgan fingerprint density at radius 1 is 0.964 bits per heavy atom. The van der Waals surface area contributed by atoms with Gasteiger partial charge in [-0.2, -0.15) is 4.57 Å². The Morgan fingerprint density at radius 2 is 1.61 bits per heavy atom. The molecule has 28 heavy (non-hydrogen) atoms. The Hall–Kier alpha value is -2.40. The lowest BCUT2D eigenvalue weighted by Gasteiger charge is -2.18. The van der Waals surface area contributed by atoms with Crippen LogP contribution in [-0.4, -0.2) is 4.99 Å². The van der Waals surface area contributed by atoms with Crippen LogP contribution in [0.5, 0.6) is 0 Å². The predicted octanol–water partition coefficient (Wildman–Crippen LogP) is 5.02. The third kappa shape index (κ3) is 4.71. The highest BCUT2D eigenvalue weighted by molar-refractivity contribution is 7.81. The van der Waals surface area contributed by atoms with Crippen molar-refractivity contribution < 1.29 is 9.67 Å². The summed E-state index contributed by atoms with van der Waals surface area (Å²) in [6.45, 7) is 4.02. The van der Waals surface area contributed by atoms with Crippen LogP contribution >= 0.6 is 35.4 Å². The lowest BCUT2D eigenvalue weighted by molar-refractivity contribution is -0.577. The molecule has 0 fully saturated rings. The van der Waals surface area contributed by atoms with E-state index in [9.17, 15) is 5.11 Å². The molecule has 1 N–H and O–H groups in total. The van der Waals surface area contributed by atoms with E-state index in [4.69, 9.17) is 35.4 Å². The molecule has 3 aromatic rings. The number of aromatic nitrogens is 1. The van der Waals surface area contributed by atoms with Gasteiger partial charge in [-0.25, -0.2) is 0 Å². The van der Waals surface area contributed by atoms with E-state index in [1.54, 1.807) is 35.2 Å². The fraction of sp³-hybridized carbons (Fsp3) is 0.0909. The summed E-state index contributed by atoms with van der Waals surface area (Å²) < 4.78 is 1.69. The summed E-state index contributed by atoms with van der Waals surface area (Å²) >= 11 is 17.9. The van der Waals surface area contributed by atoms with Gasteiger partial charge in [0.25, 0.3) is 0 Å². The van der Waals surface area contributed by atoms with Gasteiger partial charge in [0.2, 0.25) is 5.70 Å². The van der Waals surface area contributed by atoms with E-state index in [1.807, 2.05) is 44.2 Å². The number of hydrogen-bond acceptors (Lipinski definition) is 2. The molecular formula is C22H18Cl2N2OS. The van der Waals surface area contributed by atoms with Gasteiger partial charge in [-0.3, -0.25) is 0 Å². The first-order chi connectivity index (χ1) is 13.3. The molecule has 0 atom stereocenters. The molecule has 1 aromatic heterocycles. The number of rotatable bonds is 4. The SMILES string of the molecule is Cc1cc(C)cc(NC(=S)C(=C([O-])c2ccc(Cl)cc2Cl)[n+]2ccccc2)c1. The number of nitrogens with one attached hydrogen (secondary N) is 1. The highest BCUT2D eigenvalue weighted by Crippen LogP contribution is 2.27. The van der Waals surface area contributed by atoms with E-state index < -0.39 is 0 Å². The number of nitrogens with zero attached hydrogens (tertiary/aromatic N) is 1. The third-order valence-electron chi connectivity index (χ3n) is 4.06. The van der Waals surface area contributed by atoms with Crippen LogP contribution in [0.2, 0.25) is 10.0 Å². The molecule has 2 aromatic carbocycles. The number of anilines is 1. The highest BCUT2D eigenvalue weighted by atomic mass is 35.5. The van der Waals surface area contributed by atoms with Crippen molar-refractivity contribution >= 4 is 57.6 Å². The minimum atomic E-state index is -0.292. The number of hydrogen-bond donors (Lipinski definition) is 1. The van der Waals surface area contributed by atoms with Crippen molar-refractivity contribution in [2.45, 2.75) is 13.8 Å². The average molecular weight is 429 g/mol. The zero-order valence-corrected chi connectivity index (χ0v) is 17.7. The van der Waals surface area contributed by atoms with Crippen molar-refractivity contribution in [2.24, 2.45) is 0 Å². The van der Waals surface area contributed by atoms with Gasteiger partial charge in [0.1, 0.15) is 0 Å². The quantitative estimate of drug-likeness (QED) is 0.274. The lowest BCUT2D eigenvalue weighted by atomic mass is 10.1. The molecule has 6 heteroatoms. The summed E-state index contributed by atoms with van der Waals surface area (Å²) in [4.78, 5) is 0.303. The van der Waals surface area contributed by atoms with Crippen molar-refractivity contribution in [1.82, 2.24) is 0 Å². The fourth-order valence-corrected chi connectivity index (χ4v) is 3.73. The molecule has 0 amide bonds. The lowest BCUT2D eigenvalue weighted by Crippen LogP contribution is -2.39. The summed E-state index contributed by atoms with van der Waals surface area (Å²) in [7, 11) is 0. The van der Waals surface area contributed by atoms with Crippen molar-refractivity contribution in [3.8, 4) is 0 Å². The summed E-state index contributed by atoms with van der Waals surface area (Å²) in [5, 5.41) is 17.3. The Balaban J connectivity index is 2.10. The maximum atomic E-state index is 13.3. The smallest absolute Gasteiger partial charge is 0.238 e. The minimum absolute atomic E-state index is 0.278. The molecule has 1 heterocycles. The largest absolute Gasteiger partial charge is 0.867 e. The first-order valence-electron chi connectivity index (χ1n) is 8.58. The van der Waals surface area contributed by atoms with E-state index in [0.29, 0.717) is 21.3 Å². The number of benzene rings is 2. The number of aryl methyl sites for hydroxylation is 2. The summed E-state index contributed by atoms with van der Waals surface area (Å²) in [5.74, 6) is -0.292. The maximum absolute atomic E-state index is 13.3. The molecule has 0 radical (unpaired) electrons. The Morgan fingerprint density at radius 3 is 2.21 bits per heavy atom. The van der Waals surface area contributed by atoms with Crippen LogP contribution in [0.15, 0.2) is 67.0 Å². The number of pyridine rings is 1. The summed E-state index contributed by atoms with van der Waals surface area (Å²) in [6, 6.07) is 16.3. The third-order valence-corrected chi connectivity index (χ3v) is 4.90. The van der Waals surface area contributed by atoms with Crippen molar-refractivity contribution in [3.05, 3.63) is 93.7 Å². The maximum Gasteiger partial charge on any atom is 0.238 e. The molecule has 0 spiro atoms. The first-order valence-corrected chi connectivity index (χ1v) is 9.74. The highest BCUT2D eigenvalue weighted by Gasteiger charge is 2.20. The van der Waals surface area contributed by atoms with Crippen LogP contribution in [0.4, 0.5) is 5.69 Å². The van der Waals surface area contributed by atoms with Crippen LogP contribution in [0, 0.1) is 13.8 Å². The predicted molar refractivity (Wildman–Crippen MR) is 118 cm³/mol. The van der Waals surface area contributed by atoms with Crippen molar-refractivity contribution in [2.75, 3.05) is 5.32 Å². The van der Waals surface area contributed by atoms with E-state index in [0.717, 1.165) is 16.8 Å². The van der Waals surface area contributed by atoms with Crippen LogP contribution in [-0.2, 0) is 0 Å². The second kappa shape index (κ2) is 8.74. The van der Waals surface area contributed by atoms with E-state index in [2.05, 4.69) is 11.4 Å². The molecule has 0 aliphatic heterocycles. The zero-order valence-electron chi connectivity index (χ0n) is 15.4. The molecule has 3 rings (SSSR count). The summed E-state index contributed by atoms with van der Waals surface area (Å²) in [5.41, 5.74) is 3.67. The second-order valence-corrected chi connectivity index (χ2v) is 7.67. The molecule has 0 bridgehead atoms. The average Bonchev–Trinajstić information content (AvgIpc) is 2.61. The van der Waals surface area contributed by atoms with Crippen LogP contribution in [0.3, 0.4) is 0 Å². The normalized spacial score (nSPS) is 11.7. The van der Waals surface area contributed by atoms with Gasteiger partial charge >= 0.3 is 0 Å². The Labute approximate surface area is 179 Å². The molecule has 0 saturated heterocycles. The van der Waals surface area contributed by atoms with E-state index in [-0.39, 0.29) is 10.8 Å². The van der Waals surface area contributed by atoms with Gasteiger partial charge in [0.15, 0.2) is 17.4 Å². The molecule has 0 aliphatic rings. The summed E-state index contributed by atoms with van der Waals surface area (Å²) in [6.07, 6.45) is 3.54. The van der Waals surface area contributed by atoms with Crippen molar-refractivity contribution in [3.63, 3.8) is 0 Å². The monoisotopic (exact) mass is 428 g/mol. The molecular weight excluding hydrogens is 411 g/mol.